The summed E-state index contributed by atoms with van der Waals surface area (Å²) in [6, 6.07) is 6.13. The van der Waals surface area contributed by atoms with E-state index in [0.717, 1.165) is 36.5 Å². The van der Waals surface area contributed by atoms with Gasteiger partial charge in [-0.2, -0.15) is 13.2 Å². The third kappa shape index (κ3) is 5.04. The molecule has 2 aromatic rings. The van der Waals surface area contributed by atoms with Crippen molar-refractivity contribution in [2.24, 2.45) is 5.14 Å². The van der Waals surface area contributed by atoms with Crippen LogP contribution in [0.2, 0.25) is 0 Å². The molecule has 8 nitrogen and oxygen atoms in total. The topological polar surface area (TPSA) is 122 Å². The number of hydrogen-bond acceptors (Lipinski definition) is 6. The number of aromatic nitrogens is 1. The van der Waals surface area contributed by atoms with Crippen molar-refractivity contribution >= 4 is 25.9 Å². The van der Waals surface area contributed by atoms with Crippen LogP contribution < -0.4 is 14.8 Å². The van der Waals surface area contributed by atoms with Gasteiger partial charge in [0.1, 0.15) is 5.82 Å². The molecule has 2 heterocycles. The molecule has 0 bridgehead atoms. The first-order valence-corrected chi connectivity index (χ1v) is 11.3. The first-order valence-electron chi connectivity index (χ1n) is 8.30. The molecule has 1 atom stereocenters. The van der Waals surface area contributed by atoms with Crippen LogP contribution in [0.4, 0.5) is 19.0 Å². The Morgan fingerprint density at radius 2 is 1.66 bits per heavy atom. The van der Waals surface area contributed by atoms with Crippen molar-refractivity contribution in [2.75, 3.05) is 18.0 Å². The molecule has 0 radical (unpaired) electrons. The van der Waals surface area contributed by atoms with Gasteiger partial charge in [-0.25, -0.2) is 31.7 Å². The summed E-state index contributed by atoms with van der Waals surface area (Å²) in [4.78, 5) is 5.15. The van der Waals surface area contributed by atoms with Gasteiger partial charge in [0.05, 0.1) is 15.4 Å². The maximum absolute atomic E-state index is 12.6. The lowest BCUT2D eigenvalue weighted by Gasteiger charge is -2.18. The summed E-state index contributed by atoms with van der Waals surface area (Å²) in [5, 5.41) is 4.98. The van der Waals surface area contributed by atoms with E-state index in [1.54, 1.807) is 4.90 Å². The average molecular weight is 450 g/mol. The van der Waals surface area contributed by atoms with Crippen LogP contribution in [-0.2, 0) is 26.2 Å². The number of pyridine rings is 1. The van der Waals surface area contributed by atoms with E-state index in [2.05, 4.69) is 9.71 Å². The van der Waals surface area contributed by atoms with E-state index in [-0.39, 0.29) is 16.3 Å². The van der Waals surface area contributed by atoms with Crippen molar-refractivity contribution in [3.8, 4) is 0 Å². The summed E-state index contributed by atoms with van der Waals surface area (Å²) in [7, 11) is -7.86. The van der Waals surface area contributed by atoms with Gasteiger partial charge in [0.15, 0.2) is 0 Å². The van der Waals surface area contributed by atoms with Crippen molar-refractivity contribution in [3.05, 3.63) is 48.2 Å². The number of nitrogens with two attached hydrogens (primary N) is 1. The lowest BCUT2D eigenvalue weighted by atomic mass is 10.3. The van der Waals surface area contributed by atoms with Crippen LogP contribution in [0, 0.1) is 0 Å². The molecule has 1 fully saturated rings. The molecule has 1 aromatic carbocycles. The van der Waals surface area contributed by atoms with Crippen LogP contribution >= 0.6 is 0 Å². The maximum atomic E-state index is 12.6. The first kappa shape index (κ1) is 21.5. The van der Waals surface area contributed by atoms with Gasteiger partial charge in [-0.1, -0.05) is 0 Å². The fourth-order valence-corrected chi connectivity index (χ4v) is 4.68. The molecule has 0 aliphatic carbocycles. The van der Waals surface area contributed by atoms with Gasteiger partial charge in [0, 0.05) is 25.3 Å². The summed E-state index contributed by atoms with van der Waals surface area (Å²) >= 11 is 0. The third-order valence-corrected chi connectivity index (χ3v) is 6.84. The zero-order valence-electron chi connectivity index (χ0n) is 14.8. The lowest BCUT2D eigenvalue weighted by molar-refractivity contribution is -0.137. The standard InChI is InChI=1S/C16H17F3N4O4S2/c17-16(18,19)11-1-6-15(21-9-11)23-8-7-12(10-23)22-29(26,27)14-4-2-13(3-5-14)28(20,24)25/h1-6,9,12,22H,7-8,10H2,(H2,20,24,25). The molecule has 0 spiro atoms. The van der Waals surface area contributed by atoms with Crippen LogP contribution in [0.25, 0.3) is 0 Å². The molecule has 1 saturated heterocycles. The number of alkyl halides is 3. The Labute approximate surface area is 165 Å². The highest BCUT2D eigenvalue weighted by atomic mass is 32.2. The molecule has 1 aliphatic heterocycles. The largest absolute Gasteiger partial charge is 0.417 e. The Bertz CT molecular complexity index is 1090. The van der Waals surface area contributed by atoms with Gasteiger partial charge < -0.3 is 4.90 Å². The average Bonchev–Trinajstić information content (AvgIpc) is 3.08. The highest BCUT2D eigenvalue weighted by molar-refractivity contribution is 7.89. The molecular formula is C16H17F3N4O4S2. The zero-order valence-corrected chi connectivity index (χ0v) is 16.4. The molecular weight excluding hydrogens is 433 g/mol. The number of nitrogens with one attached hydrogen (secondary N) is 1. The fourth-order valence-electron chi connectivity index (χ4n) is 2.90. The first-order chi connectivity index (χ1) is 13.4. The second-order valence-electron chi connectivity index (χ2n) is 6.47. The smallest absolute Gasteiger partial charge is 0.355 e. The molecule has 3 N–H and O–H groups in total. The van der Waals surface area contributed by atoms with Crippen LogP contribution in [0.1, 0.15) is 12.0 Å². The minimum absolute atomic E-state index is 0.129. The minimum atomic E-state index is -4.48. The van der Waals surface area contributed by atoms with Gasteiger partial charge in [0.25, 0.3) is 0 Å². The number of halogens is 3. The molecule has 158 valence electrons. The zero-order chi connectivity index (χ0) is 21.4. The summed E-state index contributed by atoms with van der Waals surface area (Å²) in [5.41, 5.74) is -0.861. The molecule has 0 saturated carbocycles. The Kier molecular flexibility index (Phi) is 5.60. The second kappa shape index (κ2) is 7.55. The predicted molar refractivity (Wildman–Crippen MR) is 98.0 cm³/mol. The molecule has 1 aromatic heterocycles. The number of nitrogens with zero attached hydrogens (tertiary/aromatic N) is 2. The van der Waals surface area contributed by atoms with Gasteiger partial charge in [-0.05, 0) is 42.8 Å². The lowest BCUT2D eigenvalue weighted by Crippen LogP contribution is -2.37. The number of hydrogen-bond donors (Lipinski definition) is 2. The molecule has 29 heavy (non-hydrogen) atoms. The summed E-state index contributed by atoms with van der Waals surface area (Å²) in [6.45, 7) is 0.642. The summed E-state index contributed by atoms with van der Waals surface area (Å²) in [6.07, 6.45) is -3.31. The molecule has 3 rings (SSSR count). The predicted octanol–water partition coefficient (Wildman–Crippen LogP) is 1.31. The SMILES string of the molecule is NS(=O)(=O)c1ccc(S(=O)(=O)NC2CCN(c3ccc(C(F)(F)F)cn3)C2)cc1. The van der Waals surface area contributed by atoms with E-state index >= 15 is 0 Å². The Morgan fingerprint density at radius 3 is 2.17 bits per heavy atom. The molecule has 1 aliphatic rings. The highest BCUT2D eigenvalue weighted by Gasteiger charge is 2.32. The van der Waals surface area contributed by atoms with E-state index in [0.29, 0.717) is 18.8 Å². The quantitative estimate of drug-likeness (QED) is 0.708. The van der Waals surface area contributed by atoms with Gasteiger partial charge in [-0.15, -0.1) is 0 Å². The molecule has 0 amide bonds. The van der Waals surface area contributed by atoms with Crippen molar-refractivity contribution in [1.82, 2.24) is 9.71 Å². The van der Waals surface area contributed by atoms with E-state index in [4.69, 9.17) is 5.14 Å². The maximum Gasteiger partial charge on any atom is 0.417 e. The Balaban J connectivity index is 1.67. The number of anilines is 1. The number of rotatable bonds is 5. The van der Waals surface area contributed by atoms with Crippen molar-refractivity contribution in [1.29, 1.82) is 0 Å². The summed E-state index contributed by atoms with van der Waals surface area (Å²) in [5.74, 6) is 0.317. The minimum Gasteiger partial charge on any atom is -0.355 e. The molecule has 13 heteroatoms. The summed E-state index contributed by atoms with van der Waals surface area (Å²) < 4.78 is 87.9. The van der Waals surface area contributed by atoms with Gasteiger partial charge in [-0.3, -0.25) is 0 Å². The highest BCUT2D eigenvalue weighted by Crippen LogP contribution is 2.30. The Hall–Kier alpha value is -2.22. The second-order valence-corrected chi connectivity index (χ2v) is 9.75. The Morgan fingerprint density at radius 1 is 1.03 bits per heavy atom. The normalized spacial score (nSPS) is 18.2. The van der Waals surface area contributed by atoms with Crippen LogP contribution in [0.5, 0.6) is 0 Å². The molecule has 1 unspecified atom stereocenters. The van der Waals surface area contributed by atoms with Crippen LogP contribution in [0.15, 0.2) is 52.4 Å². The van der Waals surface area contributed by atoms with Crippen LogP contribution in [-0.4, -0.2) is 41.0 Å². The van der Waals surface area contributed by atoms with Gasteiger partial charge >= 0.3 is 6.18 Å². The number of primary sulfonamides is 1. The number of benzene rings is 1. The van der Waals surface area contributed by atoms with Crippen molar-refractivity contribution in [2.45, 2.75) is 28.4 Å². The number of sulfonamides is 2. The third-order valence-electron chi connectivity index (χ3n) is 4.37. The van der Waals surface area contributed by atoms with Crippen LogP contribution in [0.3, 0.4) is 0 Å². The monoisotopic (exact) mass is 450 g/mol. The van der Waals surface area contributed by atoms with Crippen molar-refractivity contribution < 1.29 is 30.0 Å². The van der Waals surface area contributed by atoms with E-state index in [1.165, 1.54) is 6.07 Å². The van der Waals surface area contributed by atoms with Crippen molar-refractivity contribution in [3.63, 3.8) is 0 Å². The van der Waals surface area contributed by atoms with E-state index in [1.807, 2.05) is 0 Å². The van der Waals surface area contributed by atoms with Gasteiger partial charge in [0.2, 0.25) is 20.0 Å². The van der Waals surface area contributed by atoms with E-state index in [9.17, 15) is 30.0 Å². The fraction of sp³-hybridized carbons (Fsp3) is 0.312. The van der Waals surface area contributed by atoms with E-state index < -0.39 is 37.8 Å².